The first-order valence-electron chi connectivity index (χ1n) is 5.62. The summed E-state index contributed by atoms with van der Waals surface area (Å²) >= 11 is 5.57. The Labute approximate surface area is 109 Å². The van der Waals surface area contributed by atoms with Gasteiger partial charge in [-0.15, -0.1) is 0 Å². The average Bonchev–Trinajstić information content (AvgIpc) is 2.82. The molecule has 1 amide bonds. The number of benzene rings is 1. The van der Waals surface area contributed by atoms with Crippen LogP contribution in [0.25, 0.3) is 0 Å². The van der Waals surface area contributed by atoms with Gasteiger partial charge in [-0.3, -0.25) is 4.79 Å². The summed E-state index contributed by atoms with van der Waals surface area (Å²) in [5, 5.41) is 5.71. The number of hydrogen-bond donors (Lipinski definition) is 2. The van der Waals surface area contributed by atoms with E-state index in [2.05, 4.69) is 10.6 Å². The van der Waals surface area contributed by atoms with Gasteiger partial charge in [0.05, 0.1) is 24.2 Å². The molecule has 2 N–H and O–H groups in total. The third-order valence-corrected chi connectivity index (χ3v) is 3.28. The van der Waals surface area contributed by atoms with E-state index in [-0.39, 0.29) is 22.9 Å². The Kier molecular flexibility index (Phi) is 4.16. The van der Waals surface area contributed by atoms with Crippen LogP contribution in [-0.2, 0) is 9.53 Å². The van der Waals surface area contributed by atoms with Gasteiger partial charge in [-0.1, -0.05) is 11.6 Å². The van der Waals surface area contributed by atoms with Crippen LogP contribution in [0.1, 0.15) is 0 Å². The molecule has 0 saturated carbocycles. The molecule has 0 radical (unpaired) electrons. The lowest BCUT2D eigenvalue weighted by atomic mass is 10.0. The molecule has 0 bridgehead atoms. The van der Waals surface area contributed by atoms with Gasteiger partial charge in [-0.25, -0.2) is 4.39 Å². The fourth-order valence-electron chi connectivity index (χ4n) is 1.91. The molecule has 0 aliphatic carbocycles. The monoisotopic (exact) mass is 272 g/mol. The molecule has 98 valence electrons. The molecule has 1 fully saturated rings. The number of carbonyl (C=O) groups is 1. The number of carbonyl (C=O) groups excluding carboxylic acids is 1. The Balaban J connectivity index is 2.04. The van der Waals surface area contributed by atoms with Crippen LogP contribution in [-0.4, -0.2) is 32.2 Å². The van der Waals surface area contributed by atoms with E-state index < -0.39 is 5.82 Å². The fraction of sp³-hybridized carbons (Fsp3) is 0.417. The topological polar surface area (TPSA) is 50.4 Å². The number of anilines is 1. The zero-order valence-corrected chi connectivity index (χ0v) is 10.6. The number of amides is 1. The summed E-state index contributed by atoms with van der Waals surface area (Å²) < 4.78 is 18.5. The zero-order chi connectivity index (χ0) is 13.1. The van der Waals surface area contributed by atoms with Crippen LogP contribution in [0, 0.1) is 11.7 Å². The molecule has 1 aliphatic rings. The Morgan fingerprint density at radius 1 is 1.50 bits per heavy atom. The van der Waals surface area contributed by atoms with Gasteiger partial charge >= 0.3 is 0 Å². The van der Waals surface area contributed by atoms with Crippen molar-refractivity contribution in [3.05, 3.63) is 29.0 Å². The van der Waals surface area contributed by atoms with E-state index in [4.69, 9.17) is 16.3 Å². The van der Waals surface area contributed by atoms with Crippen LogP contribution in [0.2, 0.25) is 5.02 Å². The number of rotatable bonds is 3. The first-order chi connectivity index (χ1) is 8.61. The standard InChI is InChI=1S/C12H14ClFN2O2/c1-15-11-6-18-5-8(11)12(17)16-7-2-3-9(13)10(14)4-7/h2-4,8,11,15H,5-6H2,1H3,(H,16,17). The third kappa shape index (κ3) is 2.80. The Morgan fingerprint density at radius 3 is 2.94 bits per heavy atom. The molecule has 1 saturated heterocycles. The maximum Gasteiger partial charge on any atom is 0.231 e. The fourth-order valence-corrected chi connectivity index (χ4v) is 2.02. The first kappa shape index (κ1) is 13.3. The Morgan fingerprint density at radius 2 is 2.28 bits per heavy atom. The highest BCUT2D eigenvalue weighted by Gasteiger charge is 2.32. The van der Waals surface area contributed by atoms with Crippen LogP contribution in [0.15, 0.2) is 18.2 Å². The van der Waals surface area contributed by atoms with Crippen molar-refractivity contribution in [3.63, 3.8) is 0 Å². The van der Waals surface area contributed by atoms with Crippen molar-refractivity contribution >= 4 is 23.2 Å². The van der Waals surface area contributed by atoms with E-state index in [0.717, 1.165) is 0 Å². The summed E-state index contributed by atoms with van der Waals surface area (Å²) in [7, 11) is 1.78. The van der Waals surface area contributed by atoms with E-state index in [0.29, 0.717) is 18.9 Å². The molecule has 2 atom stereocenters. The van der Waals surface area contributed by atoms with Crippen LogP contribution in [0.4, 0.5) is 10.1 Å². The van der Waals surface area contributed by atoms with Crippen LogP contribution in [0.5, 0.6) is 0 Å². The number of hydrogen-bond acceptors (Lipinski definition) is 3. The van der Waals surface area contributed by atoms with Crippen molar-refractivity contribution in [1.82, 2.24) is 5.32 Å². The molecular formula is C12H14ClFN2O2. The summed E-state index contributed by atoms with van der Waals surface area (Å²) in [6.45, 7) is 0.872. The predicted octanol–water partition coefficient (Wildman–Crippen LogP) is 1.65. The summed E-state index contributed by atoms with van der Waals surface area (Å²) in [5.41, 5.74) is 0.392. The van der Waals surface area contributed by atoms with Crippen molar-refractivity contribution < 1.29 is 13.9 Å². The maximum absolute atomic E-state index is 13.2. The Bertz CT molecular complexity index is 456. The van der Waals surface area contributed by atoms with Crippen LogP contribution < -0.4 is 10.6 Å². The minimum atomic E-state index is -0.553. The molecule has 0 spiro atoms. The molecular weight excluding hydrogens is 259 g/mol. The second-order valence-electron chi connectivity index (χ2n) is 4.16. The molecule has 18 heavy (non-hydrogen) atoms. The van der Waals surface area contributed by atoms with Crippen LogP contribution in [0.3, 0.4) is 0 Å². The quantitative estimate of drug-likeness (QED) is 0.880. The van der Waals surface area contributed by atoms with E-state index in [1.807, 2.05) is 0 Å². The largest absolute Gasteiger partial charge is 0.379 e. The number of ether oxygens (including phenoxy) is 1. The van der Waals surface area contributed by atoms with Gasteiger partial charge in [0.15, 0.2) is 0 Å². The smallest absolute Gasteiger partial charge is 0.231 e. The summed E-state index contributed by atoms with van der Waals surface area (Å²) in [6.07, 6.45) is 0. The summed E-state index contributed by atoms with van der Waals surface area (Å²) in [5.74, 6) is -1.01. The van der Waals surface area contributed by atoms with E-state index >= 15 is 0 Å². The number of halogens is 2. The van der Waals surface area contributed by atoms with Crippen molar-refractivity contribution in [2.24, 2.45) is 5.92 Å². The van der Waals surface area contributed by atoms with E-state index in [1.54, 1.807) is 13.1 Å². The lowest BCUT2D eigenvalue weighted by Gasteiger charge is -2.16. The molecule has 2 unspecified atom stereocenters. The van der Waals surface area contributed by atoms with Crippen molar-refractivity contribution in [2.45, 2.75) is 6.04 Å². The van der Waals surface area contributed by atoms with Gasteiger partial charge in [0.1, 0.15) is 5.82 Å². The van der Waals surface area contributed by atoms with Crippen molar-refractivity contribution in [1.29, 1.82) is 0 Å². The molecule has 1 aromatic carbocycles. The molecule has 1 heterocycles. The SMILES string of the molecule is CNC1COCC1C(=O)Nc1ccc(Cl)c(F)c1. The molecule has 1 aliphatic heterocycles. The molecule has 1 aromatic rings. The summed E-state index contributed by atoms with van der Waals surface area (Å²) in [6, 6.07) is 4.16. The van der Waals surface area contributed by atoms with E-state index in [1.165, 1.54) is 12.1 Å². The molecule has 4 nitrogen and oxygen atoms in total. The minimum absolute atomic E-state index is 0.0119. The first-order valence-corrected chi connectivity index (χ1v) is 6.00. The maximum atomic E-state index is 13.2. The van der Waals surface area contributed by atoms with Gasteiger partial charge in [-0.2, -0.15) is 0 Å². The molecule has 0 aromatic heterocycles. The number of nitrogens with one attached hydrogen (secondary N) is 2. The second-order valence-corrected chi connectivity index (χ2v) is 4.56. The van der Waals surface area contributed by atoms with Gasteiger partial charge in [0.2, 0.25) is 5.91 Å². The molecule has 6 heteroatoms. The highest BCUT2D eigenvalue weighted by molar-refractivity contribution is 6.30. The average molecular weight is 273 g/mol. The molecule has 2 rings (SSSR count). The van der Waals surface area contributed by atoms with Crippen LogP contribution >= 0.6 is 11.6 Å². The normalized spacial score (nSPS) is 23.1. The third-order valence-electron chi connectivity index (χ3n) is 2.98. The van der Waals surface area contributed by atoms with Gasteiger partial charge in [-0.05, 0) is 25.2 Å². The highest BCUT2D eigenvalue weighted by atomic mass is 35.5. The summed E-state index contributed by atoms with van der Waals surface area (Å²) in [4.78, 5) is 12.0. The minimum Gasteiger partial charge on any atom is -0.379 e. The number of likely N-dealkylation sites (N-methyl/N-ethyl adjacent to an activating group) is 1. The lowest BCUT2D eigenvalue weighted by molar-refractivity contribution is -0.120. The van der Waals surface area contributed by atoms with E-state index in [9.17, 15) is 9.18 Å². The van der Waals surface area contributed by atoms with Crippen molar-refractivity contribution in [3.8, 4) is 0 Å². The van der Waals surface area contributed by atoms with Gasteiger partial charge in [0.25, 0.3) is 0 Å². The lowest BCUT2D eigenvalue weighted by Crippen LogP contribution is -2.39. The predicted molar refractivity (Wildman–Crippen MR) is 67.2 cm³/mol. The highest BCUT2D eigenvalue weighted by Crippen LogP contribution is 2.21. The van der Waals surface area contributed by atoms with Gasteiger partial charge in [0, 0.05) is 11.7 Å². The zero-order valence-electron chi connectivity index (χ0n) is 9.87. The van der Waals surface area contributed by atoms with Crippen molar-refractivity contribution in [2.75, 3.05) is 25.6 Å². The second kappa shape index (κ2) is 5.65. The Hall–Kier alpha value is -1.17. The van der Waals surface area contributed by atoms with Gasteiger partial charge < -0.3 is 15.4 Å².